The van der Waals surface area contributed by atoms with Gasteiger partial charge in [0.25, 0.3) is 0 Å². The predicted molar refractivity (Wildman–Crippen MR) is 69.6 cm³/mol. The Morgan fingerprint density at radius 3 is 2.95 bits per heavy atom. The summed E-state index contributed by atoms with van der Waals surface area (Å²) in [5.41, 5.74) is 1.64. The fraction of sp³-hybridized carbons (Fsp3) is 0.500. The second kappa shape index (κ2) is 5.82. The van der Waals surface area contributed by atoms with Crippen LogP contribution in [0.1, 0.15) is 43.6 Å². The van der Waals surface area contributed by atoms with Crippen molar-refractivity contribution >= 4 is 11.9 Å². The van der Waals surface area contributed by atoms with E-state index in [4.69, 9.17) is 5.11 Å². The van der Waals surface area contributed by atoms with Gasteiger partial charge in [-0.2, -0.15) is 0 Å². The van der Waals surface area contributed by atoms with Gasteiger partial charge in [0, 0.05) is 25.6 Å². The lowest BCUT2D eigenvalue weighted by atomic mass is 10.1. The first-order valence-electron chi connectivity index (χ1n) is 6.53. The third kappa shape index (κ3) is 3.30. The molecule has 19 heavy (non-hydrogen) atoms. The van der Waals surface area contributed by atoms with Gasteiger partial charge in [-0.05, 0) is 25.0 Å². The second-order valence-electron chi connectivity index (χ2n) is 4.82. The highest BCUT2D eigenvalue weighted by atomic mass is 16.4. The molecule has 102 valence electrons. The van der Waals surface area contributed by atoms with Gasteiger partial charge in [0.1, 0.15) is 0 Å². The van der Waals surface area contributed by atoms with Crippen molar-refractivity contribution < 1.29 is 14.7 Å². The van der Waals surface area contributed by atoms with E-state index >= 15 is 0 Å². The van der Waals surface area contributed by atoms with Crippen molar-refractivity contribution in [1.82, 2.24) is 9.88 Å². The molecule has 0 unspecified atom stereocenters. The van der Waals surface area contributed by atoms with Gasteiger partial charge in [-0.3, -0.25) is 14.6 Å². The Labute approximate surface area is 112 Å². The highest BCUT2D eigenvalue weighted by Crippen LogP contribution is 2.30. The normalized spacial score (nSPS) is 18.6. The number of likely N-dealkylation sites (tertiary alicyclic amines) is 1. The van der Waals surface area contributed by atoms with Crippen LogP contribution in [0.4, 0.5) is 0 Å². The number of carboxylic acids is 1. The molecule has 1 amide bonds. The van der Waals surface area contributed by atoms with Crippen molar-refractivity contribution in [2.24, 2.45) is 0 Å². The molecule has 5 nitrogen and oxygen atoms in total. The van der Waals surface area contributed by atoms with E-state index in [-0.39, 0.29) is 18.4 Å². The number of nitrogens with zero attached hydrogens (tertiary/aromatic N) is 2. The molecule has 0 radical (unpaired) electrons. The zero-order valence-corrected chi connectivity index (χ0v) is 11.0. The Bertz CT molecular complexity index is 487. The van der Waals surface area contributed by atoms with Gasteiger partial charge in [0.05, 0.1) is 18.2 Å². The van der Waals surface area contributed by atoms with Crippen LogP contribution in [0.2, 0.25) is 0 Å². The van der Waals surface area contributed by atoms with Crippen molar-refractivity contribution in [2.45, 2.75) is 38.6 Å². The standard InChI is InChI=1S/C14H18N2O3/c1-10(17)16-9-3-6-13(16)12-5-2-4-11(15-12)7-8-14(18)19/h2,4-5,13H,3,6-9H2,1H3,(H,18,19)/t13-/m1/s1. The number of carbonyl (C=O) groups excluding carboxylic acids is 1. The summed E-state index contributed by atoms with van der Waals surface area (Å²) in [5.74, 6) is -0.751. The van der Waals surface area contributed by atoms with Crippen molar-refractivity contribution in [2.75, 3.05) is 6.54 Å². The SMILES string of the molecule is CC(=O)N1CCC[C@@H]1c1cccc(CCC(=O)O)n1. The average molecular weight is 262 g/mol. The highest BCUT2D eigenvalue weighted by Gasteiger charge is 2.28. The quantitative estimate of drug-likeness (QED) is 0.898. The number of aliphatic carboxylic acids is 1. The third-order valence-corrected chi connectivity index (χ3v) is 3.42. The van der Waals surface area contributed by atoms with E-state index in [1.54, 1.807) is 6.92 Å². The van der Waals surface area contributed by atoms with Crippen LogP contribution in [0.25, 0.3) is 0 Å². The molecule has 5 heteroatoms. The Morgan fingerprint density at radius 1 is 1.47 bits per heavy atom. The number of hydrogen-bond acceptors (Lipinski definition) is 3. The maximum absolute atomic E-state index is 11.6. The molecule has 0 spiro atoms. The number of hydrogen-bond donors (Lipinski definition) is 1. The second-order valence-corrected chi connectivity index (χ2v) is 4.82. The number of rotatable bonds is 4. The largest absolute Gasteiger partial charge is 0.481 e. The zero-order chi connectivity index (χ0) is 13.8. The molecular weight excluding hydrogens is 244 g/mol. The topological polar surface area (TPSA) is 70.5 Å². The highest BCUT2D eigenvalue weighted by molar-refractivity contribution is 5.74. The lowest BCUT2D eigenvalue weighted by molar-refractivity contribution is -0.137. The molecule has 0 bridgehead atoms. The smallest absolute Gasteiger partial charge is 0.303 e. The minimum Gasteiger partial charge on any atom is -0.481 e. The third-order valence-electron chi connectivity index (χ3n) is 3.42. The monoisotopic (exact) mass is 262 g/mol. The summed E-state index contributed by atoms with van der Waals surface area (Å²) in [4.78, 5) is 28.5. The number of aryl methyl sites for hydroxylation is 1. The van der Waals surface area contributed by atoms with Crippen molar-refractivity contribution in [3.05, 3.63) is 29.6 Å². The minimum absolute atomic E-state index is 0.0438. The van der Waals surface area contributed by atoms with Gasteiger partial charge in [-0.15, -0.1) is 0 Å². The Morgan fingerprint density at radius 2 is 2.26 bits per heavy atom. The Kier molecular flexibility index (Phi) is 4.14. The van der Waals surface area contributed by atoms with E-state index in [9.17, 15) is 9.59 Å². The summed E-state index contributed by atoms with van der Waals surface area (Å²) in [5, 5.41) is 8.69. The summed E-state index contributed by atoms with van der Waals surface area (Å²) in [6.45, 7) is 2.35. The lowest BCUT2D eigenvalue weighted by Gasteiger charge is -2.23. The van der Waals surface area contributed by atoms with Crippen molar-refractivity contribution in [1.29, 1.82) is 0 Å². The van der Waals surface area contributed by atoms with E-state index in [1.807, 2.05) is 23.1 Å². The Hall–Kier alpha value is -1.91. The molecule has 2 rings (SSSR count). The van der Waals surface area contributed by atoms with Crippen molar-refractivity contribution in [3.8, 4) is 0 Å². The van der Waals surface area contributed by atoms with E-state index in [0.717, 1.165) is 30.8 Å². The molecule has 1 fully saturated rings. The molecule has 0 aromatic carbocycles. The van der Waals surface area contributed by atoms with Gasteiger partial charge in [0.2, 0.25) is 5.91 Å². The van der Waals surface area contributed by atoms with Crippen LogP contribution in [0.15, 0.2) is 18.2 Å². The molecule has 1 aliphatic heterocycles. The van der Waals surface area contributed by atoms with Gasteiger partial charge in [0.15, 0.2) is 0 Å². The van der Waals surface area contributed by atoms with Gasteiger partial charge >= 0.3 is 5.97 Å². The van der Waals surface area contributed by atoms with E-state index in [1.165, 1.54) is 0 Å². The predicted octanol–water partition coefficient (Wildman–Crippen LogP) is 1.78. The first kappa shape index (κ1) is 13.5. The van der Waals surface area contributed by atoms with Crippen LogP contribution >= 0.6 is 0 Å². The van der Waals surface area contributed by atoms with E-state index in [2.05, 4.69) is 4.98 Å². The number of carboxylic acid groups (broad SMARTS) is 1. The van der Waals surface area contributed by atoms with Crippen molar-refractivity contribution in [3.63, 3.8) is 0 Å². The number of aromatic nitrogens is 1. The number of amides is 1. The van der Waals surface area contributed by atoms with Crippen LogP contribution in [-0.4, -0.2) is 33.4 Å². The fourth-order valence-electron chi connectivity index (χ4n) is 2.51. The first-order valence-corrected chi connectivity index (χ1v) is 6.53. The molecule has 1 aromatic heterocycles. The number of carbonyl (C=O) groups is 2. The summed E-state index contributed by atoms with van der Waals surface area (Å²) in [7, 11) is 0. The molecule has 1 aromatic rings. The lowest BCUT2D eigenvalue weighted by Crippen LogP contribution is -2.28. The molecular formula is C14H18N2O3. The maximum Gasteiger partial charge on any atom is 0.303 e. The van der Waals surface area contributed by atoms with Crippen LogP contribution in [0.3, 0.4) is 0 Å². The maximum atomic E-state index is 11.6. The average Bonchev–Trinajstić information content (AvgIpc) is 2.86. The van der Waals surface area contributed by atoms with Crippen LogP contribution < -0.4 is 0 Å². The molecule has 1 N–H and O–H groups in total. The summed E-state index contributed by atoms with van der Waals surface area (Å²) in [6.07, 6.45) is 2.42. The molecule has 1 saturated heterocycles. The minimum atomic E-state index is -0.821. The summed E-state index contributed by atoms with van der Waals surface area (Å²) >= 11 is 0. The van der Waals surface area contributed by atoms with E-state index < -0.39 is 5.97 Å². The van der Waals surface area contributed by atoms with Gasteiger partial charge in [-0.25, -0.2) is 0 Å². The zero-order valence-electron chi connectivity index (χ0n) is 11.0. The first-order chi connectivity index (χ1) is 9.08. The summed E-state index contributed by atoms with van der Waals surface area (Å²) < 4.78 is 0. The fourth-order valence-corrected chi connectivity index (χ4v) is 2.51. The molecule has 2 heterocycles. The van der Waals surface area contributed by atoms with Gasteiger partial charge in [-0.1, -0.05) is 6.07 Å². The molecule has 0 aliphatic carbocycles. The molecule has 0 saturated carbocycles. The molecule has 1 atom stereocenters. The van der Waals surface area contributed by atoms with Gasteiger partial charge < -0.3 is 10.0 Å². The van der Waals surface area contributed by atoms with Crippen LogP contribution in [0.5, 0.6) is 0 Å². The van der Waals surface area contributed by atoms with E-state index in [0.29, 0.717) is 6.42 Å². The summed E-state index contributed by atoms with van der Waals surface area (Å²) in [6, 6.07) is 5.67. The molecule has 1 aliphatic rings. The van der Waals surface area contributed by atoms with Crippen LogP contribution in [-0.2, 0) is 16.0 Å². The Balaban J connectivity index is 2.13. The van der Waals surface area contributed by atoms with Crippen LogP contribution in [0, 0.1) is 0 Å². The number of pyridine rings is 1.